The fourth-order valence-corrected chi connectivity index (χ4v) is 1.76. The minimum atomic E-state index is 0.101. The SMILES string of the molecule is CCN(Cc1ccccc1C)CC(C)C#N. The topological polar surface area (TPSA) is 27.0 Å². The zero-order valence-corrected chi connectivity index (χ0v) is 10.4. The highest BCUT2D eigenvalue weighted by molar-refractivity contribution is 5.25. The van der Waals surface area contributed by atoms with Crippen molar-refractivity contribution in [1.82, 2.24) is 4.90 Å². The lowest BCUT2D eigenvalue weighted by atomic mass is 10.1. The maximum absolute atomic E-state index is 8.82. The summed E-state index contributed by atoms with van der Waals surface area (Å²) in [6.07, 6.45) is 0. The van der Waals surface area contributed by atoms with Gasteiger partial charge in [0, 0.05) is 13.1 Å². The molecule has 0 N–H and O–H groups in total. The first-order chi connectivity index (χ1) is 7.67. The van der Waals surface area contributed by atoms with E-state index in [4.69, 9.17) is 5.26 Å². The molecule has 16 heavy (non-hydrogen) atoms. The average Bonchev–Trinajstić information content (AvgIpc) is 2.30. The zero-order chi connectivity index (χ0) is 12.0. The summed E-state index contributed by atoms with van der Waals surface area (Å²) in [5, 5.41) is 8.82. The smallest absolute Gasteiger partial charge is 0.0666 e. The maximum Gasteiger partial charge on any atom is 0.0666 e. The van der Waals surface area contributed by atoms with E-state index in [2.05, 4.69) is 49.1 Å². The van der Waals surface area contributed by atoms with Crippen LogP contribution in [0.25, 0.3) is 0 Å². The van der Waals surface area contributed by atoms with Crippen molar-refractivity contribution in [2.75, 3.05) is 13.1 Å². The first kappa shape index (κ1) is 12.7. The van der Waals surface area contributed by atoms with Crippen LogP contribution in [0.4, 0.5) is 0 Å². The van der Waals surface area contributed by atoms with E-state index in [-0.39, 0.29) is 5.92 Å². The summed E-state index contributed by atoms with van der Waals surface area (Å²) in [7, 11) is 0. The van der Waals surface area contributed by atoms with Gasteiger partial charge >= 0.3 is 0 Å². The zero-order valence-electron chi connectivity index (χ0n) is 10.4. The van der Waals surface area contributed by atoms with Gasteiger partial charge in [0.25, 0.3) is 0 Å². The molecule has 0 spiro atoms. The van der Waals surface area contributed by atoms with Crippen molar-refractivity contribution < 1.29 is 0 Å². The quantitative estimate of drug-likeness (QED) is 0.756. The third kappa shape index (κ3) is 3.67. The highest BCUT2D eigenvalue weighted by Gasteiger charge is 2.09. The number of rotatable bonds is 5. The summed E-state index contributed by atoms with van der Waals surface area (Å²) in [5.41, 5.74) is 2.68. The van der Waals surface area contributed by atoms with E-state index in [1.807, 2.05) is 6.92 Å². The molecule has 0 aliphatic heterocycles. The molecular weight excluding hydrogens is 196 g/mol. The molecule has 0 aromatic heterocycles. The summed E-state index contributed by atoms with van der Waals surface area (Å²) in [6.45, 7) is 9.02. The van der Waals surface area contributed by atoms with Gasteiger partial charge in [0.1, 0.15) is 0 Å². The Bertz CT molecular complexity index is 365. The average molecular weight is 216 g/mol. The molecule has 86 valence electrons. The van der Waals surface area contributed by atoms with Gasteiger partial charge in [-0.05, 0) is 31.5 Å². The Morgan fingerprint density at radius 3 is 2.62 bits per heavy atom. The summed E-state index contributed by atoms with van der Waals surface area (Å²) in [6, 6.07) is 10.7. The Labute approximate surface area is 98.5 Å². The van der Waals surface area contributed by atoms with Crippen molar-refractivity contribution in [3.8, 4) is 6.07 Å². The molecule has 0 saturated heterocycles. The van der Waals surface area contributed by atoms with Crippen molar-refractivity contribution in [3.05, 3.63) is 35.4 Å². The normalized spacial score (nSPS) is 12.4. The van der Waals surface area contributed by atoms with E-state index in [9.17, 15) is 0 Å². The van der Waals surface area contributed by atoms with Gasteiger partial charge in [0.05, 0.1) is 12.0 Å². The van der Waals surface area contributed by atoms with E-state index in [1.165, 1.54) is 11.1 Å². The highest BCUT2D eigenvalue weighted by atomic mass is 15.1. The predicted molar refractivity (Wildman–Crippen MR) is 66.9 cm³/mol. The monoisotopic (exact) mass is 216 g/mol. The van der Waals surface area contributed by atoms with Crippen LogP contribution in [0.2, 0.25) is 0 Å². The molecule has 1 aromatic rings. The van der Waals surface area contributed by atoms with Gasteiger partial charge in [0.15, 0.2) is 0 Å². The first-order valence-electron chi connectivity index (χ1n) is 5.83. The predicted octanol–water partition coefficient (Wildman–Crippen LogP) is 2.98. The van der Waals surface area contributed by atoms with Crippen molar-refractivity contribution in [3.63, 3.8) is 0 Å². The molecule has 0 saturated carbocycles. The molecule has 1 atom stereocenters. The number of hydrogen-bond donors (Lipinski definition) is 0. The summed E-state index contributed by atoms with van der Waals surface area (Å²) < 4.78 is 0. The molecule has 0 bridgehead atoms. The van der Waals surface area contributed by atoms with Gasteiger partial charge in [-0.3, -0.25) is 4.90 Å². The van der Waals surface area contributed by atoms with Crippen molar-refractivity contribution in [1.29, 1.82) is 5.26 Å². The van der Waals surface area contributed by atoms with Crippen molar-refractivity contribution in [2.45, 2.75) is 27.3 Å². The Balaban J connectivity index is 2.64. The maximum atomic E-state index is 8.82. The molecule has 0 aliphatic rings. The number of benzene rings is 1. The van der Waals surface area contributed by atoms with Crippen LogP contribution in [0.1, 0.15) is 25.0 Å². The Morgan fingerprint density at radius 2 is 2.06 bits per heavy atom. The summed E-state index contributed by atoms with van der Waals surface area (Å²) in [5.74, 6) is 0.101. The fourth-order valence-electron chi connectivity index (χ4n) is 1.76. The number of nitrogens with zero attached hydrogens (tertiary/aromatic N) is 2. The van der Waals surface area contributed by atoms with Gasteiger partial charge in [-0.25, -0.2) is 0 Å². The number of hydrogen-bond acceptors (Lipinski definition) is 2. The molecule has 0 aliphatic carbocycles. The highest BCUT2D eigenvalue weighted by Crippen LogP contribution is 2.11. The van der Waals surface area contributed by atoms with Gasteiger partial charge in [-0.1, -0.05) is 31.2 Å². The molecule has 1 aromatic carbocycles. The standard InChI is InChI=1S/C14H20N2/c1-4-16(10-12(2)9-15)11-14-8-6-5-7-13(14)3/h5-8,12H,4,10-11H2,1-3H3. The van der Waals surface area contributed by atoms with Gasteiger partial charge in [0.2, 0.25) is 0 Å². The molecular formula is C14H20N2. The van der Waals surface area contributed by atoms with Gasteiger partial charge in [-0.15, -0.1) is 0 Å². The molecule has 0 fully saturated rings. The van der Waals surface area contributed by atoms with E-state index in [0.717, 1.165) is 19.6 Å². The third-order valence-corrected chi connectivity index (χ3v) is 2.85. The van der Waals surface area contributed by atoms with Crippen molar-refractivity contribution in [2.24, 2.45) is 5.92 Å². The van der Waals surface area contributed by atoms with Crippen LogP contribution in [0, 0.1) is 24.2 Å². The molecule has 1 unspecified atom stereocenters. The number of aryl methyl sites for hydroxylation is 1. The molecule has 2 heteroatoms. The lowest BCUT2D eigenvalue weighted by Crippen LogP contribution is -2.27. The van der Waals surface area contributed by atoms with Crippen molar-refractivity contribution >= 4 is 0 Å². The lowest BCUT2D eigenvalue weighted by Gasteiger charge is -2.22. The first-order valence-corrected chi connectivity index (χ1v) is 5.83. The van der Waals surface area contributed by atoms with Crippen LogP contribution in [0.5, 0.6) is 0 Å². The van der Waals surface area contributed by atoms with E-state index in [0.29, 0.717) is 0 Å². The number of nitriles is 1. The van der Waals surface area contributed by atoms with Crippen LogP contribution in [-0.2, 0) is 6.54 Å². The van der Waals surface area contributed by atoms with E-state index in [1.54, 1.807) is 0 Å². The Hall–Kier alpha value is -1.33. The fraction of sp³-hybridized carbons (Fsp3) is 0.500. The van der Waals surface area contributed by atoms with Crippen LogP contribution in [0.3, 0.4) is 0 Å². The molecule has 1 rings (SSSR count). The lowest BCUT2D eigenvalue weighted by molar-refractivity contribution is 0.260. The molecule has 0 radical (unpaired) electrons. The molecule has 2 nitrogen and oxygen atoms in total. The van der Waals surface area contributed by atoms with Crippen LogP contribution in [-0.4, -0.2) is 18.0 Å². The van der Waals surface area contributed by atoms with E-state index < -0.39 is 0 Å². The third-order valence-electron chi connectivity index (χ3n) is 2.85. The minimum absolute atomic E-state index is 0.101. The van der Waals surface area contributed by atoms with Crippen LogP contribution >= 0.6 is 0 Å². The second-order valence-electron chi connectivity index (χ2n) is 4.28. The van der Waals surface area contributed by atoms with Crippen LogP contribution in [0.15, 0.2) is 24.3 Å². The summed E-state index contributed by atoms with van der Waals surface area (Å²) >= 11 is 0. The summed E-state index contributed by atoms with van der Waals surface area (Å²) in [4.78, 5) is 2.32. The van der Waals surface area contributed by atoms with Gasteiger partial charge in [-0.2, -0.15) is 5.26 Å². The largest absolute Gasteiger partial charge is 0.298 e. The minimum Gasteiger partial charge on any atom is -0.298 e. The van der Waals surface area contributed by atoms with Gasteiger partial charge < -0.3 is 0 Å². The van der Waals surface area contributed by atoms with E-state index >= 15 is 0 Å². The second kappa shape index (κ2) is 6.30. The Morgan fingerprint density at radius 1 is 1.38 bits per heavy atom. The second-order valence-corrected chi connectivity index (χ2v) is 4.28. The Kier molecular flexibility index (Phi) is 5.01. The molecule has 0 heterocycles. The van der Waals surface area contributed by atoms with Crippen LogP contribution < -0.4 is 0 Å². The molecule has 0 amide bonds.